The standard InChI is InChI=1S/C23H20AsN6S/c1-15-12-18-4-2-3-5-20(18)30(15)11-10-24-21-13-19(26-14-27-21)16-6-8-17(9-7-16)22-28-29-23(25)31-22/h2-9,12-14H,10-11H2,1H3,(H2,25,29). The Labute approximate surface area is 190 Å². The van der Waals surface area contributed by atoms with Gasteiger partial charge in [-0.25, -0.2) is 0 Å². The molecular formula is C23H20AsN6S. The third kappa shape index (κ3) is 4.24. The third-order valence-electron chi connectivity index (χ3n) is 5.14. The second-order valence-corrected chi connectivity index (χ2v) is 10.7. The molecule has 2 N–H and O–H groups in total. The fourth-order valence-electron chi connectivity index (χ4n) is 3.64. The average molecular weight is 487 g/mol. The molecule has 5 rings (SSSR count). The summed E-state index contributed by atoms with van der Waals surface area (Å²) in [6.07, 6.45) is 1.68. The molecule has 3 aromatic heterocycles. The molecule has 153 valence electrons. The number of aryl methyl sites for hydroxylation is 2. The van der Waals surface area contributed by atoms with Crippen molar-refractivity contribution in [2.45, 2.75) is 18.7 Å². The van der Waals surface area contributed by atoms with Crippen LogP contribution in [-0.4, -0.2) is 40.5 Å². The van der Waals surface area contributed by atoms with Gasteiger partial charge in [0.05, 0.1) is 0 Å². The Morgan fingerprint density at radius 3 is 2.58 bits per heavy atom. The molecule has 0 unspecified atom stereocenters. The van der Waals surface area contributed by atoms with Crippen LogP contribution in [0.4, 0.5) is 5.13 Å². The fourth-order valence-corrected chi connectivity index (χ4v) is 6.09. The first-order valence-corrected chi connectivity index (χ1v) is 13.0. The van der Waals surface area contributed by atoms with E-state index < -0.39 is 0 Å². The number of nitrogens with two attached hydrogens (primary N) is 1. The van der Waals surface area contributed by atoms with Crippen molar-refractivity contribution >= 4 is 47.6 Å². The summed E-state index contributed by atoms with van der Waals surface area (Å²) in [5.74, 6) is 0. The molecule has 0 spiro atoms. The van der Waals surface area contributed by atoms with Crippen molar-refractivity contribution < 1.29 is 0 Å². The average Bonchev–Trinajstić information content (AvgIpc) is 3.37. The molecule has 0 atom stereocenters. The van der Waals surface area contributed by atoms with Gasteiger partial charge in [0.15, 0.2) is 0 Å². The van der Waals surface area contributed by atoms with E-state index in [9.17, 15) is 0 Å². The Balaban J connectivity index is 1.28. The summed E-state index contributed by atoms with van der Waals surface area (Å²) in [5, 5.41) is 11.7. The minimum absolute atomic E-state index is 0.0372. The number of fused-ring (bicyclic) bond motifs is 1. The summed E-state index contributed by atoms with van der Waals surface area (Å²) in [6.45, 7) is 3.19. The van der Waals surface area contributed by atoms with E-state index in [1.807, 2.05) is 12.1 Å². The van der Waals surface area contributed by atoms with Crippen LogP contribution in [0.2, 0.25) is 5.21 Å². The molecule has 3 heterocycles. The maximum absolute atomic E-state index is 5.69. The summed E-state index contributed by atoms with van der Waals surface area (Å²) in [6, 6.07) is 21.1. The molecular weight excluding hydrogens is 467 g/mol. The van der Waals surface area contributed by atoms with Gasteiger partial charge in [-0.2, -0.15) is 0 Å². The Kier molecular flexibility index (Phi) is 5.53. The van der Waals surface area contributed by atoms with Gasteiger partial charge in [0.25, 0.3) is 0 Å². The van der Waals surface area contributed by atoms with E-state index in [0.29, 0.717) is 5.13 Å². The van der Waals surface area contributed by atoms with Crippen LogP contribution in [0, 0.1) is 6.92 Å². The molecule has 1 radical (unpaired) electrons. The zero-order valence-electron chi connectivity index (χ0n) is 16.9. The van der Waals surface area contributed by atoms with Gasteiger partial charge < -0.3 is 0 Å². The van der Waals surface area contributed by atoms with E-state index in [2.05, 4.69) is 80.2 Å². The van der Waals surface area contributed by atoms with Crippen LogP contribution in [-0.2, 0) is 6.54 Å². The second-order valence-electron chi connectivity index (χ2n) is 7.16. The Hall–Kier alpha value is -3.02. The van der Waals surface area contributed by atoms with Crippen molar-refractivity contribution in [2.24, 2.45) is 0 Å². The molecule has 0 saturated carbocycles. The molecule has 0 aliphatic heterocycles. The van der Waals surface area contributed by atoms with Gasteiger partial charge >= 0.3 is 191 Å². The molecule has 0 amide bonds. The van der Waals surface area contributed by atoms with Crippen molar-refractivity contribution in [1.82, 2.24) is 24.7 Å². The van der Waals surface area contributed by atoms with Gasteiger partial charge in [-0.3, -0.25) is 0 Å². The van der Waals surface area contributed by atoms with Crippen LogP contribution < -0.4 is 10.2 Å². The normalized spacial score (nSPS) is 11.6. The first kappa shape index (κ1) is 19.9. The summed E-state index contributed by atoms with van der Waals surface area (Å²) in [7, 11) is 0. The quantitative estimate of drug-likeness (QED) is 0.367. The SMILES string of the molecule is Cc1cc2ccccc2n1CC[As]c1cc(-c2ccc(-c3nnc(N)s3)cc2)ncn1. The number of benzene rings is 2. The zero-order valence-corrected chi connectivity index (χ0v) is 19.6. The molecule has 0 fully saturated rings. The Morgan fingerprint density at radius 2 is 1.77 bits per heavy atom. The maximum atomic E-state index is 5.69. The number of nitrogens with zero attached hydrogens (tertiary/aromatic N) is 5. The molecule has 31 heavy (non-hydrogen) atoms. The summed E-state index contributed by atoms with van der Waals surface area (Å²) in [5.41, 5.74) is 11.3. The van der Waals surface area contributed by atoms with Crippen molar-refractivity contribution in [1.29, 1.82) is 0 Å². The number of aromatic nitrogens is 5. The van der Waals surface area contributed by atoms with Crippen molar-refractivity contribution in [3.63, 3.8) is 0 Å². The van der Waals surface area contributed by atoms with Gasteiger partial charge in [0.1, 0.15) is 0 Å². The van der Waals surface area contributed by atoms with E-state index in [1.54, 1.807) is 6.33 Å². The van der Waals surface area contributed by atoms with Crippen LogP contribution in [0.15, 0.2) is 67.0 Å². The van der Waals surface area contributed by atoms with Gasteiger partial charge in [-0.1, -0.05) is 0 Å². The Morgan fingerprint density at radius 1 is 0.968 bits per heavy atom. The first-order valence-electron chi connectivity index (χ1n) is 9.91. The number of anilines is 1. The van der Waals surface area contributed by atoms with Crippen LogP contribution in [0.3, 0.4) is 0 Å². The van der Waals surface area contributed by atoms with E-state index in [4.69, 9.17) is 5.73 Å². The molecule has 0 aliphatic rings. The number of nitrogen functional groups attached to an aromatic ring is 1. The second kappa shape index (κ2) is 8.61. The van der Waals surface area contributed by atoms with E-state index >= 15 is 0 Å². The van der Waals surface area contributed by atoms with Crippen LogP contribution >= 0.6 is 11.3 Å². The van der Waals surface area contributed by atoms with Crippen LogP contribution in [0.1, 0.15) is 5.69 Å². The summed E-state index contributed by atoms with van der Waals surface area (Å²) in [4.78, 5) is 9.01. The van der Waals surface area contributed by atoms with Crippen molar-refractivity contribution in [2.75, 3.05) is 5.73 Å². The fraction of sp³-hybridized carbons (Fsp3) is 0.130. The molecule has 5 aromatic rings. The molecule has 8 heteroatoms. The van der Waals surface area contributed by atoms with Gasteiger partial charge in [0.2, 0.25) is 0 Å². The van der Waals surface area contributed by atoms with E-state index in [-0.39, 0.29) is 15.8 Å². The molecule has 6 nitrogen and oxygen atoms in total. The molecule has 0 aliphatic carbocycles. The Bertz CT molecular complexity index is 1340. The molecule has 0 bridgehead atoms. The number of para-hydroxylation sites is 1. The minimum atomic E-state index is -0.0372. The van der Waals surface area contributed by atoms with E-state index in [1.165, 1.54) is 27.9 Å². The van der Waals surface area contributed by atoms with Crippen LogP contribution in [0.5, 0.6) is 0 Å². The number of hydrogen-bond acceptors (Lipinski definition) is 6. The summed E-state index contributed by atoms with van der Waals surface area (Å²) < 4.78 is 3.56. The van der Waals surface area contributed by atoms with E-state index in [0.717, 1.165) is 38.1 Å². The first-order chi connectivity index (χ1) is 15.2. The number of hydrogen-bond donors (Lipinski definition) is 1. The zero-order chi connectivity index (χ0) is 21.2. The van der Waals surface area contributed by atoms with Crippen molar-refractivity contribution in [3.05, 3.63) is 72.7 Å². The van der Waals surface area contributed by atoms with Crippen LogP contribution in [0.25, 0.3) is 32.7 Å². The van der Waals surface area contributed by atoms with Gasteiger partial charge in [0, 0.05) is 0 Å². The topological polar surface area (TPSA) is 82.5 Å². The van der Waals surface area contributed by atoms with Gasteiger partial charge in [-0.15, -0.1) is 0 Å². The predicted molar refractivity (Wildman–Crippen MR) is 128 cm³/mol. The van der Waals surface area contributed by atoms with Gasteiger partial charge in [-0.05, 0) is 0 Å². The molecule has 0 saturated heterocycles. The van der Waals surface area contributed by atoms with Crippen molar-refractivity contribution in [3.8, 4) is 21.8 Å². The predicted octanol–water partition coefficient (Wildman–Crippen LogP) is 3.96. The number of rotatable bonds is 6. The monoisotopic (exact) mass is 487 g/mol. The summed E-state index contributed by atoms with van der Waals surface area (Å²) >= 11 is 1.35. The third-order valence-corrected chi connectivity index (χ3v) is 8.02. The molecule has 2 aromatic carbocycles.